The lowest BCUT2D eigenvalue weighted by molar-refractivity contribution is -0.931. The van der Waals surface area contributed by atoms with Crippen molar-refractivity contribution in [3.63, 3.8) is 0 Å². The molecule has 2 aromatic carbocycles. The molecule has 2 heterocycles. The monoisotopic (exact) mass is 437 g/mol. The summed E-state index contributed by atoms with van der Waals surface area (Å²) >= 11 is 0. The summed E-state index contributed by atoms with van der Waals surface area (Å²) in [5.74, 6) is 1.92. The third kappa shape index (κ3) is 6.66. The molecule has 2 aliphatic heterocycles. The highest BCUT2D eigenvalue weighted by Crippen LogP contribution is 2.36. The van der Waals surface area contributed by atoms with E-state index in [1.807, 2.05) is 0 Å². The number of benzene rings is 2. The summed E-state index contributed by atoms with van der Waals surface area (Å²) in [4.78, 5) is 0. The third-order valence-corrected chi connectivity index (χ3v) is 8.20. The largest absolute Gasteiger partial charge is 0.333 e. The first kappa shape index (κ1) is 25.0. The molecule has 32 heavy (non-hydrogen) atoms. The summed E-state index contributed by atoms with van der Waals surface area (Å²) in [5, 5.41) is 0. The molecule has 2 N–H and O–H groups in total. The van der Waals surface area contributed by atoms with Gasteiger partial charge >= 0.3 is 0 Å². The van der Waals surface area contributed by atoms with E-state index in [1.165, 1.54) is 103 Å². The minimum atomic E-state index is 0.961. The van der Waals surface area contributed by atoms with E-state index in [9.17, 15) is 0 Å². The maximum Gasteiger partial charge on any atom is 0.104 e. The highest BCUT2D eigenvalue weighted by Gasteiger charge is 2.38. The lowest BCUT2D eigenvalue weighted by atomic mass is 9.77. The fourth-order valence-corrected chi connectivity index (χ4v) is 5.95. The molecular weight excluding hydrogens is 390 g/mol. The van der Waals surface area contributed by atoms with Crippen LogP contribution in [0, 0.1) is 25.7 Å². The van der Waals surface area contributed by atoms with E-state index in [-0.39, 0.29) is 0 Å². The number of piperidine rings is 2. The first-order valence-corrected chi connectivity index (χ1v) is 12.7. The predicted molar refractivity (Wildman–Crippen MR) is 137 cm³/mol. The molecule has 0 amide bonds. The molecule has 2 fully saturated rings. The summed E-state index contributed by atoms with van der Waals surface area (Å²) in [7, 11) is 6.46. The molecule has 0 bridgehead atoms. The fraction of sp³-hybridized carbons (Fsp3) is 0.586. The Morgan fingerprint density at radius 3 is 1.16 bits per heavy atom. The smallest absolute Gasteiger partial charge is 0.104 e. The van der Waals surface area contributed by atoms with Crippen molar-refractivity contribution in [2.45, 2.75) is 52.6 Å². The molecule has 0 radical (unpaired) electrons. The van der Waals surface area contributed by atoms with Crippen molar-refractivity contribution in [3.8, 4) is 0 Å². The number of rotatable bonds is 5. The van der Waals surface area contributed by atoms with Crippen molar-refractivity contribution in [1.82, 2.24) is 0 Å². The zero-order valence-electron chi connectivity index (χ0n) is 21.3. The summed E-state index contributed by atoms with van der Waals surface area (Å²) in [5.41, 5.74) is 10.2. The van der Waals surface area contributed by atoms with Gasteiger partial charge in [0.25, 0.3) is 0 Å². The van der Waals surface area contributed by atoms with E-state index in [0.29, 0.717) is 0 Å². The van der Waals surface area contributed by atoms with Crippen LogP contribution in [0.2, 0.25) is 0 Å². The van der Waals surface area contributed by atoms with Crippen LogP contribution in [0.25, 0.3) is 0 Å². The molecule has 0 saturated carbocycles. The van der Waals surface area contributed by atoms with Crippen molar-refractivity contribution in [2.24, 2.45) is 17.6 Å². The van der Waals surface area contributed by atoms with E-state index in [4.69, 9.17) is 0 Å². The molecule has 4 rings (SSSR count). The molecule has 0 unspecified atom stereocenters. The van der Waals surface area contributed by atoms with Gasteiger partial charge in [-0.1, -0.05) is 59.7 Å². The van der Waals surface area contributed by atoms with Crippen LogP contribution in [-0.4, -0.2) is 56.3 Å². The molecule has 0 aliphatic carbocycles. The van der Waals surface area contributed by atoms with Gasteiger partial charge in [0, 0.05) is 11.1 Å². The second-order valence-electron chi connectivity index (χ2n) is 11.1. The van der Waals surface area contributed by atoms with E-state index in [2.05, 4.69) is 82.2 Å². The topological polar surface area (TPSA) is 26.0 Å². The fourth-order valence-electron chi connectivity index (χ4n) is 5.95. The first-order valence-electron chi connectivity index (χ1n) is 12.7. The molecular formula is C29H47N3+2. The summed E-state index contributed by atoms with van der Waals surface area (Å²) < 4.78 is 2.46. The number of hydrogen-bond donors (Lipinski definition) is 1. The SMILES string of the molecule is CN.Cc1ccc(C[N+]2(C)CCC(C3CC[N+](C)(Cc4ccc(C)cc4)CC3)CC2)cc1. The Hall–Kier alpha value is -1.68. The van der Waals surface area contributed by atoms with Gasteiger partial charge in [-0.25, -0.2) is 0 Å². The van der Waals surface area contributed by atoms with Crippen molar-refractivity contribution in [1.29, 1.82) is 0 Å². The molecule has 2 aromatic rings. The van der Waals surface area contributed by atoms with Gasteiger partial charge in [0.15, 0.2) is 0 Å². The van der Waals surface area contributed by atoms with E-state index >= 15 is 0 Å². The van der Waals surface area contributed by atoms with Gasteiger partial charge in [-0.15, -0.1) is 0 Å². The standard InChI is InChI=1S/C28H42N2.CH5N/c1-23-5-9-25(10-6-23)21-29(3)17-13-27(14-18-29)28-15-19-30(4,20-16-28)22-26-11-7-24(2)8-12-26;1-2/h5-12,27-28H,13-22H2,1-4H3;2H2,1H3/q+2;. The Balaban J connectivity index is 0.00000141. The quantitative estimate of drug-likeness (QED) is 0.632. The van der Waals surface area contributed by atoms with Crippen LogP contribution in [0.4, 0.5) is 0 Å². The molecule has 3 nitrogen and oxygen atoms in total. The van der Waals surface area contributed by atoms with E-state index < -0.39 is 0 Å². The normalized spacial score (nSPS) is 30.3. The number of hydrogen-bond acceptors (Lipinski definition) is 1. The third-order valence-electron chi connectivity index (χ3n) is 8.20. The summed E-state index contributed by atoms with van der Waals surface area (Å²) in [6, 6.07) is 18.4. The minimum Gasteiger partial charge on any atom is -0.333 e. The van der Waals surface area contributed by atoms with Gasteiger partial charge in [-0.05, 0) is 58.4 Å². The maximum absolute atomic E-state index is 4.50. The van der Waals surface area contributed by atoms with Gasteiger partial charge in [0.1, 0.15) is 13.1 Å². The second kappa shape index (κ2) is 11.0. The summed E-state index contributed by atoms with van der Waals surface area (Å²) in [6.07, 6.45) is 5.70. The lowest BCUT2D eigenvalue weighted by Crippen LogP contribution is -2.53. The van der Waals surface area contributed by atoms with Crippen molar-refractivity contribution in [3.05, 3.63) is 70.8 Å². The highest BCUT2D eigenvalue weighted by molar-refractivity contribution is 5.21. The van der Waals surface area contributed by atoms with Crippen LogP contribution in [0.1, 0.15) is 47.9 Å². The Kier molecular flexibility index (Phi) is 8.55. The Bertz CT molecular complexity index is 737. The number of aryl methyl sites for hydroxylation is 2. The number of quaternary nitrogens is 2. The second-order valence-corrected chi connectivity index (χ2v) is 11.1. The Labute approximate surface area is 197 Å². The maximum atomic E-state index is 4.50. The van der Waals surface area contributed by atoms with Crippen LogP contribution in [-0.2, 0) is 13.1 Å². The van der Waals surface area contributed by atoms with Gasteiger partial charge in [-0.2, -0.15) is 0 Å². The minimum absolute atomic E-state index is 0.961. The Morgan fingerprint density at radius 2 is 0.875 bits per heavy atom. The van der Waals surface area contributed by atoms with Gasteiger partial charge < -0.3 is 14.7 Å². The molecule has 3 heteroatoms. The van der Waals surface area contributed by atoms with E-state index in [1.54, 1.807) is 0 Å². The summed E-state index contributed by atoms with van der Waals surface area (Å²) in [6.45, 7) is 12.2. The van der Waals surface area contributed by atoms with Crippen LogP contribution >= 0.6 is 0 Å². The van der Waals surface area contributed by atoms with Gasteiger partial charge in [0.2, 0.25) is 0 Å². The lowest BCUT2D eigenvalue weighted by Gasteiger charge is -2.46. The zero-order valence-corrected chi connectivity index (χ0v) is 21.3. The number of nitrogens with two attached hydrogens (primary N) is 1. The van der Waals surface area contributed by atoms with Crippen molar-refractivity contribution >= 4 is 0 Å². The van der Waals surface area contributed by atoms with Crippen LogP contribution in [0.3, 0.4) is 0 Å². The van der Waals surface area contributed by atoms with Crippen LogP contribution < -0.4 is 5.73 Å². The average molecular weight is 438 g/mol. The predicted octanol–water partition coefficient (Wildman–Crippen LogP) is 5.29. The zero-order chi connectivity index (χ0) is 23.2. The first-order chi connectivity index (χ1) is 15.3. The Morgan fingerprint density at radius 1 is 0.594 bits per heavy atom. The van der Waals surface area contributed by atoms with Crippen LogP contribution in [0.5, 0.6) is 0 Å². The van der Waals surface area contributed by atoms with Crippen molar-refractivity contribution < 1.29 is 8.97 Å². The molecule has 0 spiro atoms. The molecule has 0 aromatic heterocycles. The van der Waals surface area contributed by atoms with E-state index in [0.717, 1.165) is 11.8 Å². The molecule has 0 atom stereocenters. The number of nitrogens with zero attached hydrogens (tertiary/aromatic N) is 2. The van der Waals surface area contributed by atoms with Gasteiger partial charge in [0.05, 0.1) is 40.3 Å². The average Bonchev–Trinajstić information content (AvgIpc) is 2.79. The molecule has 2 aliphatic rings. The molecule has 2 saturated heterocycles. The number of likely N-dealkylation sites (tertiary alicyclic amines) is 2. The van der Waals surface area contributed by atoms with Gasteiger partial charge in [-0.3, -0.25) is 0 Å². The van der Waals surface area contributed by atoms with Crippen molar-refractivity contribution in [2.75, 3.05) is 47.3 Å². The molecule has 176 valence electrons. The van der Waals surface area contributed by atoms with Crippen LogP contribution in [0.15, 0.2) is 48.5 Å². The highest BCUT2D eigenvalue weighted by atomic mass is 15.3.